The summed E-state index contributed by atoms with van der Waals surface area (Å²) < 4.78 is 17.1. The van der Waals surface area contributed by atoms with Crippen LogP contribution in [0.1, 0.15) is 85.3 Å². The third-order valence-corrected chi connectivity index (χ3v) is 5.32. The van der Waals surface area contributed by atoms with Gasteiger partial charge in [-0.25, -0.2) is 0 Å². The van der Waals surface area contributed by atoms with Crippen molar-refractivity contribution < 1.29 is 36.1 Å². The molecule has 1 heterocycles. The van der Waals surface area contributed by atoms with E-state index in [-0.39, 0.29) is 13.0 Å². The van der Waals surface area contributed by atoms with Gasteiger partial charge in [-0.15, -0.1) is 0 Å². The van der Waals surface area contributed by atoms with E-state index in [1.54, 1.807) is 0 Å². The number of hydrogen-bond acceptors (Lipinski definition) is 7. The van der Waals surface area contributed by atoms with E-state index in [0.717, 1.165) is 64.2 Å². The molecule has 0 aromatic heterocycles. The predicted octanol–water partition coefficient (Wildman–Crippen LogP) is 3.14. The van der Waals surface area contributed by atoms with Crippen molar-refractivity contribution in [3.8, 4) is 0 Å². The molecule has 31 heavy (non-hydrogen) atoms. The maximum atomic E-state index is 11.8. The van der Waals surface area contributed by atoms with Crippen LogP contribution in [-0.4, -0.2) is 63.7 Å². The molecule has 1 rings (SSSR count). The molecule has 4 N–H and O–H groups in total. The highest BCUT2D eigenvalue weighted by atomic mass is 16.6. The number of aliphatic hydroxyl groups excluding tert-OH is 4. The summed E-state index contributed by atoms with van der Waals surface area (Å²) in [5.74, 6) is -0.414. The minimum absolute atomic E-state index is 0.270. The summed E-state index contributed by atoms with van der Waals surface area (Å²) in [5.41, 5.74) is 0. The number of ether oxygens (including phenoxy) is 2. The first-order valence-electron chi connectivity index (χ1n) is 12.3. The highest BCUT2D eigenvalue weighted by Gasteiger charge is 2.43. The lowest BCUT2D eigenvalue weighted by molar-refractivity contribution is -0.287. The second kappa shape index (κ2) is 17.3. The zero-order chi connectivity index (χ0) is 23.6. The van der Waals surface area contributed by atoms with Gasteiger partial charge in [-0.2, -0.15) is 0 Å². The van der Waals surface area contributed by atoms with E-state index in [1.165, 1.54) is 6.42 Å². The number of hydrogen-bond donors (Lipinski definition) is 4. The van der Waals surface area contributed by atoms with Crippen LogP contribution in [0.25, 0.3) is 0 Å². The largest absolute Gasteiger partial charge is 0.463 e. The fourth-order valence-electron chi connectivity index (χ4n) is 3.32. The second-order valence-corrected chi connectivity index (χ2v) is 8.05. The first-order valence-corrected chi connectivity index (χ1v) is 11.6. The number of rotatable bonds is 16. The Balaban J connectivity index is 1.94. The first kappa shape index (κ1) is 26.0. The van der Waals surface area contributed by atoms with Gasteiger partial charge in [0.05, 0.1) is 0 Å². The highest BCUT2D eigenvalue weighted by Crippen LogP contribution is 2.20. The lowest BCUT2D eigenvalue weighted by Gasteiger charge is -2.37. The quantitative estimate of drug-likeness (QED) is 0.164. The average Bonchev–Trinajstić information content (AvgIpc) is 2.78. The van der Waals surface area contributed by atoms with Crippen molar-refractivity contribution in [2.75, 3.05) is 6.61 Å². The van der Waals surface area contributed by atoms with E-state index in [2.05, 4.69) is 24.3 Å². The molecule has 0 radical (unpaired) electrons. The Kier molecular flexibility index (Phi) is 14.5. The van der Waals surface area contributed by atoms with Crippen LogP contribution in [0.15, 0.2) is 24.3 Å². The summed E-state index contributed by atoms with van der Waals surface area (Å²) >= 11 is 0. The molecule has 0 bridgehead atoms. The van der Waals surface area contributed by atoms with Gasteiger partial charge in [-0.1, -0.05) is 63.3 Å². The Hall–Kier alpha value is -1.25. The van der Waals surface area contributed by atoms with Crippen molar-refractivity contribution in [2.45, 2.75) is 115 Å². The third-order valence-electron chi connectivity index (χ3n) is 5.32. The van der Waals surface area contributed by atoms with E-state index in [9.17, 15) is 25.2 Å². The van der Waals surface area contributed by atoms with Crippen LogP contribution in [0.2, 0.25) is 0 Å². The van der Waals surface area contributed by atoms with Crippen LogP contribution < -0.4 is 0 Å². The molecule has 0 spiro atoms. The predicted molar refractivity (Wildman–Crippen MR) is 119 cm³/mol. The van der Waals surface area contributed by atoms with Crippen molar-refractivity contribution in [1.29, 1.82) is 0 Å². The molecule has 0 saturated carbocycles. The van der Waals surface area contributed by atoms with Gasteiger partial charge in [0.15, 0.2) is 6.29 Å². The standard InChI is InChI=1S/C24H42O7/c1-2-3-4-5-6-7-8-9-10-11-12-13-14-15-16-17-20(25)30-18-19-21(26)22(27)23(28)24(29)31-19/h6-7,9-10,19,21-24,26-29H,2-5,8,11-18H2,1H3/t19-,21-,22+,23-,24?/m1/s1/i1D. The topological polar surface area (TPSA) is 116 Å². The van der Waals surface area contributed by atoms with Gasteiger partial charge in [0.25, 0.3) is 0 Å². The Morgan fingerprint density at radius 3 is 2.23 bits per heavy atom. The molecule has 7 nitrogen and oxygen atoms in total. The molecule has 1 unspecified atom stereocenters. The molecule has 0 amide bonds. The van der Waals surface area contributed by atoms with Crippen molar-refractivity contribution in [2.24, 2.45) is 0 Å². The van der Waals surface area contributed by atoms with Crippen LogP contribution in [0.3, 0.4) is 0 Å². The summed E-state index contributed by atoms with van der Waals surface area (Å²) in [6.45, 7) is 0.251. The van der Waals surface area contributed by atoms with Crippen LogP contribution in [0, 0.1) is 0 Å². The van der Waals surface area contributed by atoms with E-state index in [1.807, 2.05) is 0 Å². The monoisotopic (exact) mass is 443 g/mol. The van der Waals surface area contributed by atoms with E-state index >= 15 is 0 Å². The number of carbonyl (C=O) groups is 1. The van der Waals surface area contributed by atoms with Crippen LogP contribution in [0.5, 0.6) is 0 Å². The normalized spacial score (nSPS) is 27.1. The summed E-state index contributed by atoms with van der Waals surface area (Å²) in [4.78, 5) is 11.8. The molecule has 0 aromatic rings. The Morgan fingerprint density at radius 1 is 0.871 bits per heavy atom. The number of carbonyl (C=O) groups excluding carboxylic acids is 1. The van der Waals surface area contributed by atoms with E-state index in [4.69, 9.17) is 10.8 Å². The summed E-state index contributed by atoms with van der Waals surface area (Å²) in [6.07, 6.45) is 13.3. The lowest BCUT2D eigenvalue weighted by atomic mass is 9.99. The van der Waals surface area contributed by atoms with Gasteiger partial charge in [0.2, 0.25) is 0 Å². The third kappa shape index (κ3) is 12.4. The van der Waals surface area contributed by atoms with Crippen molar-refractivity contribution in [3.05, 3.63) is 24.3 Å². The molecule has 1 fully saturated rings. The highest BCUT2D eigenvalue weighted by molar-refractivity contribution is 5.69. The van der Waals surface area contributed by atoms with E-state index < -0.39 is 36.7 Å². The molecular formula is C24H42O7. The van der Waals surface area contributed by atoms with Crippen LogP contribution >= 0.6 is 0 Å². The molecule has 7 heteroatoms. The molecule has 5 atom stereocenters. The molecule has 1 aliphatic rings. The zero-order valence-corrected chi connectivity index (χ0v) is 18.6. The van der Waals surface area contributed by atoms with Crippen molar-refractivity contribution >= 4 is 5.97 Å². The molecule has 0 aliphatic carbocycles. The van der Waals surface area contributed by atoms with Crippen molar-refractivity contribution in [3.63, 3.8) is 0 Å². The number of allylic oxidation sites excluding steroid dienone is 4. The Labute approximate surface area is 188 Å². The maximum absolute atomic E-state index is 11.8. The lowest BCUT2D eigenvalue weighted by Crippen LogP contribution is -2.58. The average molecular weight is 444 g/mol. The number of aliphatic hydroxyl groups is 4. The van der Waals surface area contributed by atoms with Gasteiger partial charge in [-0.3, -0.25) is 4.79 Å². The zero-order valence-electron chi connectivity index (χ0n) is 19.6. The summed E-state index contributed by atoms with van der Waals surface area (Å²) in [5, 5.41) is 38.3. The van der Waals surface area contributed by atoms with Gasteiger partial charge < -0.3 is 29.9 Å². The van der Waals surface area contributed by atoms with Gasteiger partial charge >= 0.3 is 5.97 Å². The summed E-state index contributed by atoms with van der Waals surface area (Å²) in [6, 6.07) is 0. The Morgan fingerprint density at radius 2 is 1.52 bits per heavy atom. The SMILES string of the molecule is [2H]CCCCCC=CCC=CCCCCCCCC(=O)OC[C@H]1OC(O)[C@H](O)[C@@H](O)[C@@H]1O. The minimum Gasteiger partial charge on any atom is -0.463 e. The summed E-state index contributed by atoms with van der Waals surface area (Å²) in [7, 11) is 0. The van der Waals surface area contributed by atoms with Gasteiger partial charge in [-0.05, 0) is 38.5 Å². The molecule has 0 aromatic carbocycles. The second-order valence-electron chi connectivity index (χ2n) is 8.05. The fraction of sp³-hybridized carbons (Fsp3) is 0.792. The fourth-order valence-corrected chi connectivity index (χ4v) is 3.32. The first-order chi connectivity index (χ1) is 15.5. The number of unbranched alkanes of at least 4 members (excludes halogenated alkanes) is 8. The molecule has 1 aliphatic heterocycles. The number of esters is 1. The Bertz CT molecular complexity index is 540. The van der Waals surface area contributed by atoms with E-state index in [0.29, 0.717) is 6.90 Å². The minimum atomic E-state index is -1.63. The molecule has 1 saturated heterocycles. The van der Waals surface area contributed by atoms with Crippen LogP contribution in [0.4, 0.5) is 0 Å². The maximum Gasteiger partial charge on any atom is 0.305 e. The van der Waals surface area contributed by atoms with Crippen molar-refractivity contribution in [1.82, 2.24) is 0 Å². The van der Waals surface area contributed by atoms with Gasteiger partial charge in [0.1, 0.15) is 31.0 Å². The van der Waals surface area contributed by atoms with Crippen LogP contribution in [-0.2, 0) is 14.3 Å². The molecular weight excluding hydrogens is 400 g/mol. The smallest absolute Gasteiger partial charge is 0.305 e. The van der Waals surface area contributed by atoms with Gasteiger partial charge in [0, 0.05) is 7.79 Å². The molecule has 180 valence electrons.